The Kier molecular flexibility index (Phi) is 5.57. The molecule has 5 nitrogen and oxygen atoms in total. The summed E-state index contributed by atoms with van der Waals surface area (Å²) >= 11 is 0. The van der Waals surface area contributed by atoms with E-state index in [0.29, 0.717) is 16.6 Å². The number of carboxylic acids is 1. The van der Waals surface area contributed by atoms with Gasteiger partial charge in [0.1, 0.15) is 0 Å². The molecule has 0 saturated carbocycles. The fourth-order valence-electron chi connectivity index (χ4n) is 2.20. The van der Waals surface area contributed by atoms with Crippen LogP contribution in [0.2, 0.25) is 0 Å². The van der Waals surface area contributed by atoms with Gasteiger partial charge in [0.25, 0.3) is 0 Å². The maximum Gasteiger partial charge on any atom is 0.336 e. The molecule has 2 aromatic carbocycles. The first-order chi connectivity index (χ1) is 11.2. The normalized spacial score (nSPS) is 10.3. The molecule has 0 aliphatic rings. The van der Waals surface area contributed by atoms with E-state index in [9.17, 15) is 9.90 Å². The highest BCUT2D eigenvalue weighted by atomic mass is 16.4. The van der Waals surface area contributed by atoms with Crippen molar-refractivity contribution in [2.24, 2.45) is 11.7 Å². The molecule has 0 bridgehead atoms. The molecule has 0 atom stereocenters. The summed E-state index contributed by atoms with van der Waals surface area (Å²) in [7, 11) is 0. The summed E-state index contributed by atoms with van der Waals surface area (Å²) in [5, 5.41) is 10.00. The van der Waals surface area contributed by atoms with Crippen LogP contribution in [-0.2, 0) is 0 Å². The van der Waals surface area contributed by atoms with E-state index in [0.717, 1.165) is 5.56 Å². The first-order valence-electron chi connectivity index (χ1n) is 6.93. The topological polar surface area (TPSA) is 102 Å². The molecule has 0 fully saturated rings. The lowest BCUT2D eigenvalue weighted by molar-refractivity contribution is 0.0699. The standard InChI is InChI=1S/C18H13NO2.H4N2/c20-18(21)16-12-14(11-10-13-6-2-1-3-7-13)19-17-9-5-4-8-15(16)17;1-2/h1-12H,(H,20,21);1-2H2. The summed E-state index contributed by atoms with van der Waals surface area (Å²) in [5.74, 6) is 7.06. The Bertz CT molecular complexity index is 830. The Labute approximate surface area is 133 Å². The van der Waals surface area contributed by atoms with Crippen LogP contribution in [0.4, 0.5) is 0 Å². The lowest BCUT2D eigenvalue weighted by Gasteiger charge is -2.04. The third kappa shape index (κ3) is 4.00. The van der Waals surface area contributed by atoms with E-state index < -0.39 is 5.97 Å². The van der Waals surface area contributed by atoms with Crippen molar-refractivity contribution in [3.05, 3.63) is 77.5 Å². The third-order valence-corrected chi connectivity index (χ3v) is 3.21. The summed E-state index contributed by atoms with van der Waals surface area (Å²) < 4.78 is 0. The van der Waals surface area contributed by atoms with Crippen molar-refractivity contribution in [3.8, 4) is 0 Å². The van der Waals surface area contributed by atoms with Crippen LogP contribution in [0.5, 0.6) is 0 Å². The van der Waals surface area contributed by atoms with Crippen LogP contribution in [0.1, 0.15) is 21.6 Å². The SMILES string of the molecule is NN.O=C(O)c1cc(C=Cc2ccccc2)nc2ccccc12. The average Bonchev–Trinajstić information content (AvgIpc) is 2.61. The van der Waals surface area contributed by atoms with Gasteiger partial charge >= 0.3 is 5.97 Å². The first-order valence-corrected chi connectivity index (χ1v) is 6.93. The van der Waals surface area contributed by atoms with Gasteiger partial charge in [-0.25, -0.2) is 9.78 Å². The summed E-state index contributed by atoms with van der Waals surface area (Å²) in [4.78, 5) is 15.9. The molecular formula is C18H17N3O2. The number of hydrogen-bond acceptors (Lipinski definition) is 4. The Balaban J connectivity index is 0.000000924. The van der Waals surface area contributed by atoms with Crippen molar-refractivity contribution in [1.29, 1.82) is 0 Å². The van der Waals surface area contributed by atoms with Crippen molar-refractivity contribution in [3.63, 3.8) is 0 Å². The molecule has 116 valence electrons. The molecule has 5 heteroatoms. The number of aromatic carboxylic acids is 1. The smallest absolute Gasteiger partial charge is 0.336 e. The van der Waals surface area contributed by atoms with E-state index in [1.807, 2.05) is 60.7 Å². The fraction of sp³-hybridized carbons (Fsp3) is 0. The maximum absolute atomic E-state index is 11.4. The molecule has 0 spiro atoms. The predicted octanol–water partition coefficient (Wildman–Crippen LogP) is 2.92. The predicted molar refractivity (Wildman–Crippen MR) is 92.4 cm³/mol. The fourth-order valence-corrected chi connectivity index (χ4v) is 2.20. The largest absolute Gasteiger partial charge is 0.478 e. The molecule has 0 radical (unpaired) electrons. The zero-order valence-corrected chi connectivity index (χ0v) is 12.4. The highest BCUT2D eigenvalue weighted by Gasteiger charge is 2.10. The van der Waals surface area contributed by atoms with E-state index in [1.54, 1.807) is 12.1 Å². The molecule has 0 aliphatic carbocycles. The molecule has 0 aliphatic heterocycles. The Hall–Kier alpha value is -3.02. The van der Waals surface area contributed by atoms with Crippen LogP contribution < -0.4 is 11.7 Å². The number of para-hydroxylation sites is 1. The number of benzene rings is 2. The highest BCUT2D eigenvalue weighted by Crippen LogP contribution is 2.19. The highest BCUT2D eigenvalue weighted by molar-refractivity contribution is 6.03. The minimum atomic E-state index is -0.942. The van der Waals surface area contributed by atoms with Crippen molar-refractivity contribution in [2.75, 3.05) is 0 Å². The van der Waals surface area contributed by atoms with Crippen LogP contribution in [0, 0.1) is 0 Å². The monoisotopic (exact) mass is 307 g/mol. The Morgan fingerprint density at radius 2 is 1.61 bits per heavy atom. The molecule has 23 heavy (non-hydrogen) atoms. The van der Waals surface area contributed by atoms with E-state index in [2.05, 4.69) is 16.7 Å². The van der Waals surface area contributed by atoms with E-state index in [1.165, 1.54) is 0 Å². The van der Waals surface area contributed by atoms with Gasteiger partial charge < -0.3 is 5.11 Å². The number of carboxylic acid groups (broad SMARTS) is 1. The van der Waals surface area contributed by atoms with Gasteiger partial charge in [0.2, 0.25) is 0 Å². The molecule has 1 aromatic heterocycles. The second kappa shape index (κ2) is 7.84. The minimum Gasteiger partial charge on any atom is -0.478 e. The molecular weight excluding hydrogens is 290 g/mol. The van der Waals surface area contributed by atoms with E-state index in [4.69, 9.17) is 0 Å². The third-order valence-electron chi connectivity index (χ3n) is 3.21. The lowest BCUT2D eigenvalue weighted by Crippen LogP contribution is -2.02. The van der Waals surface area contributed by atoms with Gasteiger partial charge in [0.15, 0.2) is 0 Å². The molecule has 3 rings (SSSR count). The lowest BCUT2D eigenvalue weighted by atomic mass is 10.1. The van der Waals surface area contributed by atoms with Gasteiger partial charge in [-0.2, -0.15) is 0 Å². The molecule has 0 unspecified atom stereocenters. The zero-order chi connectivity index (χ0) is 16.7. The van der Waals surface area contributed by atoms with Crippen LogP contribution in [0.15, 0.2) is 60.7 Å². The number of rotatable bonds is 3. The summed E-state index contributed by atoms with van der Waals surface area (Å²) in [6.45, 7) is 0. The molecule has 0 saturated heterocycles. The Morgan fingerprint density at radius 3 is 2.30 bits per heavy atom. The van der Waals surface area contributed by atoms with E-state index in [-0.39, 0.29) is 5.56 Å². The van der Waals surface area contributed by atoms with Crippen molar-refractivity contribution < 1.29 is 9.90 Å². The van der Waals surface area contributed by atoms with Gasteiger partial charge in [-0.3, -0.25) is 11.7 Å². The number of aromatic nitrogens is 1. The zero-order valence-electron chi connectivity index (χ0n) is 12.4. The van der Waals surface area contributed by atoms with Crippen LogP contribution in [0.3, 0.4) is 0 Å². The maximum atomic E-state index is 11.4. The van der Waals surface area contributed by atoms with Gasteiger partial charge in [0.05, 0.1) is 16.8 Å². The molecule has 0 amide bonds. The quantitative estimate of drug-likeness (QED) is 0.510. The number of hydrazine groups is 1. The van der Waals surface area contributed by atoms with Gasteiger partial charge in [-0.1, -0.05) is 54.6 Å². The number of fused-ring (bicyclic) bond motifs is 1. The molecule has 1 heterocycles. The summed E-state index contributed by atoms with van der Waals surface area (Å²) in [6.07, 6.45) is 3.75. The van der Waals surface area contributed by atoms with Crippen LogP contribution >= 0.6 is 0 Å². The second-order valence-corrected chi connectivity index (χ2v) is 4.66. The first kappa shape index (κ1) is 16.4. The van der Waals surface area contributed by atoms with E-state index >= 15 is 0 Å². The van der Waals surface area contributed by atoms with Gasteiger partial charge in [-0.05, 0) is 23.8 Å². The van der Waals surface area contributed by atoms with Crippen LogP contribution in [-0.4, -0.2) is 16.1 Å². The van der Waals surface area contributed by atoms with Gasteiger partial charge in [-0.15, -0.1) is 0 Å². The Morgan fingerprint density at radius 1 is 0.957 bits per heavy atom. The van der Waals surface area contributed by atoms with Gasteiger partial charge in [0, 0.05) is 5.39 Å². The second-order valence-electron chi connectivity index (χ2n) is 4.66. The van der Waals surface area contributed by atoms with Crippen molar-refractivity contribution >= 4 is 29.0 Å². The molecule has 3 aromatic rings. The van der Waals surface area contributed by atoms with Crippen molar-refractivity contribution in [1.82, 2.24) is 4.98 Å². The summed E-state index contributed by atoms with van der Waals surface area (Å²) in [6, 6.07) is 18.7. The summed E-state index contributed by atoms with van der Waals surface area (Å²) in [5.41, 5.74) is 2.64. The van der Waals surface area contributed by atoms with Crippen molar-refractivity contribution in [2.45, 2.75) is 0 Å². The minimum absolute atomic E-state index is 0.272. The number of carbonyl (C=O) groups is 1. The average molecular weight is 307 g/mol. The molecule has 5 N–H and O–H groups in total. The van der Waals surface area contributed by atoms with Crippen LogP contribution in [0.25, 0.3) is 23.1 Å². The number of hydrogen-bond donors (Lipinski definition) is 3. The number of nitrogens with zero attached hydrogens (tertiary/aromatic N) is 1. The number of nitrogens with two attached hydrogens (primary N) is 2. The number of pyridine rings is 1.